The second-order valence-electron chi connectivity index (χ2n) is 5.01. The SMILES string of the molecule is CNc1ccc([N+](=O)[O-])cc1C(=O)OCc1cccc(C(=O)OC)c1. The van der Waals surface area contributed by atoms with Crippen LogP contribution in [0.3, 0.4) is 0 Å². The highest BCUT2D eigenvalue weighted by molar-refractivity contribution is 5.96. The van der Waals surface area contributed by atoms with Crippen LogP contribution in [0.2, 0.25) is 0 Å². The molecule has 0 radical (unpaired) electrons. The van der Waals surface area contributed by atoms with Crippen LogP contribution >= 0.6 is 0 Å². The molecule has 8 heteroatoms. The molecule has 0 aromatic heterocycles. The molecular weight excluding hydrogens is 328 g/mol. The Balaban J connectivity index is 2.16. The predicted molar refractivity (Wildman–Crippen MR) is 89.5 cm³/mol. The first kappa shape index (κ1) is 17.9. The highest BCUT2D eigenvalue weighted by Crippen LogP contribution is 2.23. The second kappa shape index (κ2) is 7.91. The van der Waals surface area contributed by atoms with Crippen molar-refractivity contribution >= 4 is 23.3 Å². The van der Waals surface area contributed by atoms with Crippen LogP contribution in [0.5, 0.6) is 0 Å². The number of rotatable bonds is 6. The fourth-order valence-corrected chi connectivity index (χ4v) is 2.17. The van der Waals surface area contributed by atoms with Crippen molar-refractivity contribution in [3.63, 3.8) is 0 Å². The molecule has 0 bridgehead atoms. The summed E-state index contributed by atoms with van der Waals surface area (Å²) in [6.45, 7) is -0.0878. The summed E-state index contributed by atoms with van der Waals surface area (Å²) in [4.78, 5) is 34.1. The van der Waals surface area contributed by atoms with E-state index in [9.17, 15) is 19.7 Å². The minimum Gasteiger partial charge on any atom is -0.465 e. The molecule has 0 unspecified atom stereocenters. The molecule has 0 atom stereocenters. The van der Waals surface area contributed by atoms with Crippen molar-refractivity contribution in [1.82, 2.24) is 0 Å². The average Bonchev–Trinajstić information content (AvgIpc) is 2.64. The Morgan fingerprint density at radius 2 is 1.92 bits per heavy atom. The number of carbonyl (C=O) groups excluding carboxylic acids is 2. The highest BCUT2D eigenvalue weighted by atomic mass is 16.6. The normalized spacial score (nSPS) is 10.0. The Bertz CT molecular complexity index is 819. The van der Waals surface area contributed by atoms with Crippen molar-refractivity contribution in [2.75, 3.05) is 19.5 Å². The Labute approximate surface area is 143 Å². The van der Waals surface area contributed by atoms with Crippen LogP contribution in [0.4, 0.5) is 11.4 Å². The van der Waals surface area contributed by atoms with Gasteiger partial charge in [0.25, 0.3) is 5.69 Å². The zero-order valence-corrected chi connectivity index (χ0v) is 13.6. The van der Waals surface area contributed by atoms with Gasteiger partial charge in [-0.1, -0.05) is 12.1 Å². The van der Waals surface area contributed by atoms with E-state index in [4.69, 9.17) is 4.74 Å². The number of anilines is 1. The third-order valence-corrected chi connectivity index (χ3v) is 3.42. The molecule has 0 fully saturated rings. The molecule has 0 amide bonds. The predicted octanol–water partition coefficient (Wildman–Crippen LogP) is 2.78. The summed E-state index contributed by atoms with van der Waals surface area (Å²) in [5.74, 6) is -1.21. The van der Waals surface area contributed by atoms with Gasteiger partial charge in [0, 0.05) is 24.9 Å². The van der Waals surface area contributed by atoms with Crippen molar-refractivity contribution in [2.24, 2.45) is 0 Å². The van der Waals surface area contributed by atoms with Crippen molar-refractivity contribution in [2.45, 2.75) is 6.61 Å². The van der Waals surface area contributed by atoms with E-state index in [0.29, 0.717) is 16.8 Å². The third kappa shape index (κ3) is 4.31. The molecule has 0 aliphatic rings. The van der Waals surface area contributed by atoms with Crippen LogP contribution < -0.4 is 5.32 Å². The lowest BCUT2D eigenvalue weighted by molar-refractivity contribution is -0.384. The van der Waals surface area contributed by atoms with Gasteiger partial charge >= 0.3 is 11.9 Å². The number of esters is 2. The summed E-state index contributed by atoms with van der Waals surface area (Å²) in [7, 11) is 2.87. The molecule has 130 valence electrons. The average molecular weight is 344 g/mol. The lowest BCUT2D eigenvalue weighted by Gasteiger charge is -2.10. The number of methoxy groups -OCH3 is 1. The first-order valence-electron chi connectivity index (χ1n) is 7.27. The summed E-state index contributed by atoms with van der Waals surface area (Å²) in [6, 6.07) is 10.3. The molecule has 0 saturated heterocycles. The van der Waals surface area contributed by atoms with Crippen molar-refractivity contribution in [1.29, 1.82) is 0 Å². The van der Waals surface area contributed by atoms with Crippen LogP contribution in [0.15, 0.2) is 42.5 Å². The van der Waals surface area contributed by atoms with Gasteiger partial charge in [-0.15, -0.1) is 0 Å². The number of ether oxygens (including phenoxy) is 2. The number of hydrogen-bond acceptors (Lipinski definition) is 7. The number of nitro groups is 1. The summed E-state index contributed by atoms with van der Waals surface area (Å²) in [5.41, 5.74) is 1.19. The number of nitrogens with zero attached hydrogens (tertiary/aromatic N) is 1. The maximum Gasteiger partial charge on any atom is 0.340 e. The molecule has 0 saturated carbocycles. The smallest absolute Gasteiger partial charge is 0.340 e. The minimum absolute atomic E-state index is 0.0563. The zero-order valence-electron chi connectivity index (χ0n) is 13.6. The van der Waals surface area contributed by atoms with E-state index in [2.05, 4.69) is 10.1 Å². The van der Waals surface area contributed by atoms with Gasteiger partial charge in [0.15, 0.2) is 0 Å². The fraction of sp³-hybridized carbons (Fsp3) is 0.176. The number of nitrogens with one attached hydrogen (secondary N) is 1. The van der Waals surface area contributed by atoms with E-state index in [1.165, 1.54) is 19.2 Å². The van der Waals surface area contributed by atoms with E-state index < -0.39 is 16.9 Å². The van der Waals surface area contributed by atoms with Gasteiger partial charge in [-0.2, -0.15) is 0 Å². The number of non-ortho nitro benzene ring substituents is 1. The molecular formula is C17H16N2O6. The van der Waals surface area contributed by atoms with Gasteiger partial charge in [-0.25, -0.2) is 9.59 Å². The molecule has 0 aliphatic carbocycles. The molecule has 1 N–H and O–H groups in total. The maximum absolute atomic E-state index is 12.3. The quantitative estimate of drug-likeness (QED) is 0.487. The lowest BCUT2D eigenvalue weighted by Crippen LogP contribution is -2.09. The van der Waals surface area contributed by atoms with Gasteiger partial charge < -0.3 is 14.8 Å². The van der Waals surface area contributed by atoms with Crippen molar-refractivity contribution in [3.05, 3.63) is 69.3 Å². The number of nitro benzene ring substituents is 1. The zero-order chi connectivity index (χ0) is 18.4. The summed E-state index contributed by atoms with van der Waals surface area (Å²) < 4.78 is 9.84. The van der Waals surface area contributed by atoms with Gasteiger partial charge in [-0.3, -0.25) is 10.1 Å². The fourth-order valence-electron chi connectivity index (χ4n) is 2.17. The topological polar surface area (TPSA) is 108 Å². The van der Waals surface area contributed by atoms with Crippen LogP contribution in [0.25, 0.3) is 0 Å². The van der Waals surface area contributed by atoms with Gasteiger partial charge in [-0.05, 0) is 23.8 Å². The van der Waals surface area contributed by atoms with Gasteiger partial charge in [0.1, 0.15) is 6.61 Å². The van der Waals surface area contributed by atoms with E-state index in [1.54, 1.807) is 31.3 Å². The molecule has 2 aromatic rings. The van der Waals surface area contributed by atoms with E-state index in [-0.39, 0.29) is 17.9 Å². The summed E-state index contributed by atoms with van der Waals surface area (Å²) in [6.07, 6.45) is 0. The van der Waals surface area contributed by atoms with Crippen LogP contribution in [-0.4, -0.2) is 31.0 Å². The highest BCUT2D eigenvalue weighted by Gasteiger charge is 2.18. The molecule has 25 heavy (non-hydrogen) atoms. The van der Waals surface area contributed by atoms with E-state index in [0.717, 1.165) is 6.07 Å². The monoisotopic (exact) mass is 344 g/mol. The lowest BCUT2D eigenvalue weighted by atomic mass is 10.1. The second-order valence-corrected chi connectivity index (χ2v) is 5.01. The van der Waals surface area contributed by atoms with Gasteiger partial charge in [0.05, 0.1) is 23.2 Å². The number of carbonyl (C=O) groups is 2. The first-order valence-corrected chi connectivity index (χ1v) is 7.27. The Kier molecular flexibility index (Phi) is 5.67. The van der Waals surface area contributed by atoms with Crippen molar-refractivity contribution in [3.8, 4) is 0 Å². The Morgan fingerprint density at radius 3 is 2.56 bits per heavy atom. The van der Waals surface area contributed by atoms with Crippen molar-refractivity contribution < 1.29 is 24.0 Å². The molecule has 2 rings (SSSR count). The third-order valence-electron chi connectivity index (χ3n) is 3.42. The maximum atomic E-state index is 12.3. The molecule has 0 aliphatic heterocycles. The minimum atomic E-state index is -0.712. The Hall–Kier alpha value is -3.42. The number of benzene rings is 2. The van der Waals surface area contributed by atoms with Crippen LogP contribution in [0.1, 0.15) is 26.3 Å². The Morgan fingerprint density at radius 1 is 1.16 bits per heavy atom. The largest absolute Gasteiger partial charge is 0.465 e. The van der Waals surface area contributed by atoms with Crippen LogP contribution in [-0.2, 0) is 16.1 Å². The summed E-state index contributed by atoms with van der Waals surface area (Å²) >= 11 is 0. The number of hydrogen-bond donors (Lipinski definition) is 1. The molecule has 0 heterocycles. The first-order chi connectivity index (χ1) is 12.0. The molecule has 8 nitrogen and oxygen atoms in total. The van der Waals surface area contributed by atoms with E-state index in [1.807, 2.05) is 0 Å². The van der Waals surface area contributed by atoms with Crippen LogP contribution in [0, 0.1) is 10.1 Å². The van der Waals surface area contributed by atoms with Gasteiger partial charge in [0.2, 0.25) is 0 Å². The standard InChI is InChI=1S/C17H16N2O6/c1-18-15-7-6-13(19(22)23)9-14(15)17(21)25-10-11-4-3-5-12(8-11)16(20)24-2/h3-9,18H,10H2,1-2H3. The molecule has 2 aromatic carbocycles. The molecule has 0 spiro atoms. The summed E-state index contributed by atoms with van der Waals surface area (Å²) in [5, 5.41) is 13.7. The van der Waals surface area contributed by atoms with E-state index >= 15 is 0 Å².